The number of ether oxygens (including phenoxy) is 1. The number of halogens is 1. The highest BCUT2D eigenvalue weighted by Gasteiger charge is 2.01. The van der Waals surface area contributed by atoms with E-state index in [1.54, 1.807) is 13.2 Å². The van der Waals surface area contributed by atoms with Gasteiger partial charge in [-0.3, -0.25) is 0 Å². The minimum Gasteiger partial charge on any atom is -0.504 e. The second kappa shape index (κ2) is 6.51. The molecule has 14 heavy (non-hydrogen) atoms. The molecule has 0 saturated heterocycles. The minimum absolute atomic E-state index is 0. The van der Waals surface area contributed by atoms with Gasteiger partial charge in [-0.2, -0.15) is 0 Å². The molecule has 0 saturated carbocycles. The Labute approximate surface area is 90.3 Å². The van der Waals surface area contributed by atoms with Crippen molar-refractivity contribution in [2.75, 3.05) is 13.7 Å². The summed E-state index contributed by atoms with van der Waals surface area (Å²) in [4.78, 5) is 0. The third-order valence-corrected chi connectivity index (χ3v) is 1.91. The molecule has 1 rings (SSSR count). The number of methoxy groups -OCH3 is 1. The summed E-state index contributed by atoms with van der Waals surface area (Å²) < 4.78 is 4.98. The fourth-order valence-corrected chi connectivity index (χ4v) is 1.18. The zero-order valence-corrected chi connectivity index (χ0v) is 9.01. The molecular weight excluding hydrogens is 202 g/mol. The number of aryl methyl sites for hydroxylation is 1. The molecule has 0 radical (unpaired) electrons. The van der Waals surface area contributed by atoms with Gasteiger partial charge in [-0.05, 0) is 37.1 Å². The Morgan fingerprint density at radius 1 is 1.43 bits per heavy atom. The zero-order chi connectivity index (χ0) is 9.68. The third-order valence-electron chi connectivity index (χ3n) is 1.91. The molecule has 0 bridgehead atoms. The number of phenolic OH excluding ortho intramolecular Hbond substituents is 1. The van der Waals surface area contributed by atoms with E-state index < -0.39 is 0 Å². The summed E-state index contributed by atoms with van der Waals surface area (Å²) in [6.45, 7) is 0.684. The Hall–Kier alpha value is -0.930. The van der Waals surface area contributed by atoms with Gasteiger partial charge < -0.3 is 15.6 Å². The first-order chi connectivity index (χ1) is 6.27. The van der Waals surface area contributed by atoms with Gasteiger partial charge in [-0.25, -0.2) is 0 Å². The average molecular weight is 218 g/mol. The molecule has 1 aromatic carbocycles. The Morgan fingerprint density at radius 2 is 2.14 bits per heavy atom. The van der Waals surface area contributed by atoms with Crippen LogP contribution in [0.4, 0.5) is 0 Å². The van der Waals surface area contributed by atoms with E-state index in [4.69, 9.17) is 10.5 Å². The van der Waals surface area contributed by atoms with E-state index in [1.165, 1.54) is 0 Å². The molecule has 0 spiro atoms. The standard InChI is InChI=1S/C10H15NO2.ClH/c1-13-10-7-8(3-2-6-11)4-5-9(10)12;/h4-5,7,12H,2-3,6,11H2,1H3;1H. The quantitative estimate of drug-likeness (QED) is 0.808. The predicted octanol–water partition coefficient (Wildman–Crippen LogP) is 1.71. The third kappa shape index (κ3) is 3.44. The molecule has 4 heteroatoms. The highest BCUT2D eigenvalue weighted by atomic mass is 35.5. The number of nitrogens with two attached hydrogens (primary N) is 1. The van der Waals surface area contributed by atoms with E-state index >= 15 is 0 Å². The highest BCUT2D eigenvalue weighted by Crippen LogP contribution is 2.26. The second-order valence-corrected chi connectivity index (χ2v) is 2.90. The van der Waals surface area contributed by atoms with Crippen molar-refractivity contribution in [3.05, 3.63) is 23.8 Å². The molecule has 3 N–H and O–H groups in total. The molecule has 0 aromatic heterocycles. The molecule has 0 atom stereocenters. The van der Waals surface area contributed by atoms with Crippen LogP contribution >= 0.6 is 12.4 Å². The molecule has 80 valence electrons. The van der Waals surface area contributed by atoms with Gasteiger partial charge in [0.05, 0.1) is 7.11 Å². The van der Waals surface area contributed by atoms with Crippen LogP contribution in [0.15, 0.2) is 18.2 Å². The summed E-state index contributed by atoms with van der Waals surface area (Å²) in [6.07, 6.45) is 1.88. The van der Waals surface area contributed by atoms with Gasteiger partial charge >= 0.3 is 0 Å². The molecule has 1 aromatic rings. The second-order valence-electron chi connectivity index (χ2n) is 2.90. The molecule has 0 aliphatic heterocycles. The number of hydrogen-bond donors (Lipinski definition) is 2. The van der Waals surface area contributed by atoms with Crippen molar-refractivity contribution in [2.24, 2.45) is 5.73 Å². The van der Waals surface area contributed by atoms with Crippen LogP contribution in [-0.2, 0) is 6.42 Å². The number of hydrogen-bond acceptors (Lipinski definition) is 3. The van der Waals surface area contributed by atoms with Crippen molar-refractivity contribution in [1.29, 1.82) is 0 Å². The summed E-state index contributed by atoms with van der Waals surface area (Å²) in [7, 11) is 1.54. The van der Waals surface area contributed by atoms with Crippen molar-refractivity contribution in [3.8, 4) is 11.5 Å². The maximum absolute atomic E-state index is 9.31. The molecular formula is C10H16ClNO2. The lowest BCUT2D eigenvalue weighted by Gasteiger charge is -2.05. The first-order valence-corrected chi connectivity index (χ1v) is 4.34. The van der Waals surface area contributed by atoms with Crippen LogP contribution in [-0.4, -0.2) is 18.8 Å². The van der Waals surface area contributed by atoms with Gasteiger partial charge in [-0.1, -0.05) is 6.07 Å². The Balaban J connectivity index is 0.00000169. The summed E-state index contributed by atoms with van der Waals surface area (Å²) in [5, 5.41) is 9.31. The molecule has 0 unspecified atom stereocenters. The Bertz CT molecular complexity index is 279. The first kappa shape index (κ1) is 13.1. The van der Waals surface area contributed by atoms with Crippen LogP contribution in [0.3, 0.4) is 0 Å². The van der Waals surface area contributed by atoms with Gasteiger partial charge in [0.1, 0.15) is 0 Å². The van der Waals surface area contributed by atoms with E-state index in [-0.39, 0.29) is 18.2 Å². The lowest BCUT2D eigenvalue weighted by atomic mass is 10.1. The highest BCUT2D eigenvalue weighted by molar-refractivity contribution is 5.85. The maximum Gasteiger partial charge on any atom is 0.160 e. The van der Waals surface area contributed by atoms with Crippen LogP contribution in [0, 0.1) is 0 Å². The maximum atomic E-state index is 9.31. The summed E-state index contributed by atoms with van der Waals surface area (Å²) in [5.74, 6) is 0.702. The van der Waals surface area contributed by atoms with E-state index in [0.717, 1.165) is 18.4 Å². The topological polar surface area (TPSA) is 55.5 Å². The fraction of sp³-hybridized carbons (Fsp3) is 0.400. The summed E-state index contributed by atoms with van der Waals surface area (Å²) in [6, 6.07) is 5.36. The molecule has 0 heterocycles. The van der Waals surface area contributed by atoms with E-state index in [2.05, 4.69) is 0 Å². The number of benzene rings is 1. The van der Waals surface area contributed by atoms with Crippen molar-refractivity contribution in [1.82, 2.24) is 0 Å². The van der Waals surface area contributed by atoms with Crippen LogP contribution in [0.25, 0.3) is 0 Å². The lowest BCUT2D eigenvalue weighted by Crippen LogP contribution is -2.00. The van der Waals surface area contributed by atoms with Crippen molar-refractivity contribution in [2.45, 2.75) is 12.8 Å². The predicted molar refractivity (Wildman–Crippen MR) is 59.3 cm³/mol. The number of rotatable bonds is 4. The van der Waals surface area contributed by atoms with E-state index in [1.807, 2.05) is 12.1 Å². The summed E-state index contributed by atoms with van der Waals surface area (Å²) >= 11 is 0. The summed E-state index contributed by atoms with van der Waals surface area (Å²) in [5.41, 5.74) is 6.54. The molecule has 3 nitrogen and oxygen atoms in total. The minimum atomic E-state index is 0. The van der Waals surface area contributed by atoms with Gasteiger partial charge in [0, 0.05) is 0 Å². The lowest BCUT2D eigenvalue weighted by molar-refractivity contribution is 0.373. The molecule has 0 aliphatic rings. The van der Waals surface area contributed by atoms with Gasteiger partial charge in [-0.15, -0.1) is 12.4 Å². The first-order valence-electron chi connectivity index (χ1n) is 4.34. The average Bonchev–Trinajstić information content (AvgIpc) is 2.16. The monoisotopic (exact) mass is 217 g/mol. The van der Waals surface area contributed by atoms with Crippen LogP contribution in [0.1, 0.15) is 12.0 Å². The Kier molecular flexibility index (Phi) is 6.08. The van der Waals surface area contributed by atoms with Crippen LogP contribution in [0.2, 0.25) is 0 Å². The van der Waals surface area contributed by atoms with Gasteiger partial charge in [0.25, 0.3) is 0 Å². The van der Waals surface area contributed by atoms with Gasteiger partial charge in [0.15, 0.2) is 11.5 Å². The van der Waals surface area contributed by atoms with E-state index in [0.29, 0.717) is 12.3 Å². The van der Waals surface area contributed by atoms with Crippen molar-refractivity contribution >= 4 is 12.4 Å². The van der Waals surface area contributed by atoms with Crippen LogP contribution < -0.4 is 10.5 Å². The SMILES string of the molecule is COc1cc(CCCN)ccc1O.Cl. The zero-order valence-electron chi connectivity index (χ0n) is 8.19. The van der Waals surface area contributed by atoms with E-state index in [9.17, 15) is 5.11 Å². The molecule has 0 aliphatic carbocycles. The largest absolute Gasteiger partial charge is 0.504 e. The van der Waals surface area contributed by atoms with Gasteiger partial charge in [0.2, 0.25) is 0 Å². The smallest absolute Gasteiger partial charge is 0.160 e. The normalized spacial score (nSPS) is 9.29. The van der Waals surface area contributed by atoms with Crippen molar-refractivity contribution < 1.29 is 9.84 Å². The Morgan fingerprint density at radius 3 is 2.71 bits per heavy atom. The number of phenols is 1. The molecule has 0 amide bonds. The van der Waals surface area contributed by atoms with Crippen LogP contribution in [0.5, 0.6) is 11.5 Å². The number of aromatic hydroxyl groups is 1. The fourth-order valence-electron chi connectivity index (χ4n) is 1.18. The molecule has 0 fully saturated rings. The van der Waals surface area contributed by atoms with Crippen molar-refractivity contribution in [3.63, 3.8) is 0 Å².